The summed E-state index contributed by atoms with van der Waals surface area (Å²) in [6.07, 6.45) is 3.82. The number of ketones is 2. The summed E-state index contributed by atoms with van der Waals surface area (Å²) in [6.45, 7) is 14.6. The van der Waals surface area contributed by atoms with E-state index in [9.17, 15) is 71.9 Å². The van der Waals surface area contributed by atoms with Gasteiger partial charge in [0.25, 0.3) is 0 Å². The SMILES string of the molecule is CC[C@@H]1C[C@@H](C)CC/C=C\[C@@H]2C[C@@]2(C(=O)NS(=O)(=O)C2(C)CC2)CC(=O)[C@@H]2C[C@@H](Oc3nc4c(c5ccccc35)CCCO4)CN2C(=O)[C@H]1CC(=O)OC(C)(C)C(F)(F)F.CC[C@@H]1C[C@H](C)CC/C=C\[C@@H]2C[C@@]2(C(=O)NS(=O)(=O)C2(C)CC2)CC(=O)[C@@H]2C[C@@H](Oc3nc4c(c5ccccc35)CCCO4)CN2C(=O)[C@H]1CC(=O)OC(C)(C)C(F)(F)F. The number of nitrogens with zero attached hydrogens (tertiary/aromatic N) is 4. The highest BCUT2D eigenvalue weighted by Gasteiger charge is 2.65. The number of halogens is 6. The molecule has 4 aromatic rings. The largest absolute Gasteiger partial charge is 0.477 e. The third-order valence-corrected chi connectivity index (χ3v) is 31.5. The molecule has 2 aromatic carbocycles. The van der Waals surface area contributed by atoms with Gasteiger partial charge in [-0.25, -0.2) is 16.8 Å². The van der Waals surface area contributed by atoms with Gasteiger partial charge in [-0.1, -0.05) is 101 Å². The number of nitrogens with one attached hydrogen (secondary N) is 2. The number of carbonyl (C=O) groups excluding carboxylic acids is 8. The van der Waals surface area contributed by atoms with Crippen LogP contribution in [0.15, 0.2) is 72.8 Å². The van der Waals surface area contributed by atoms with Gasteiger partial charge in [0.05, 0.1) is 83.4 Å². The molecule has 14 atom stereocenters. The number of carbonyl (C=O) groups is 8. The predicted octanol–water partition coefficient (Wildman–Crippen LogP) is 14.3. The van der Waals surface area contributed by atoms with E-state index in [-0.39, 0.29) is 75.2 Å². The number of pyridine rings is 2. The number of rotatable bonds is 18. The van der Waals surface area contributed by atoms with Gasteiger partial charge in [-0.15, -0.1) is 0 Å². The van der Waals surface area contributed by atoms with Crippen molar-refractivity contribution in [2.24, 2.45) is 58.2 Å². The summed E-state index contributed by atoms with van der Waals surface area (Å²) >= 11 is 0. The average molecular weight is 1720 g/mol. The van der Waals surface area contributed by atoms with Crippen LogP contribution >= 0.6 is 0 Å². The minimum absolute atomic E-state index is 0.0153. The van der Waals surface area contributed by atoms with Gasteiger partial charge in [0.1, 0.15) is 12.2 Å². The Bertz CT molecular complexity index is 4650. The first-order valence-corrected chi connectivity index (χ1v) is 45.5. The maximum Gasteiger partial charge on any atom is 0.427 e. The molecule has 0 unspecified atom stereocenters. The second-order valence-corrected chi connectivity index (χ2v) is 41.4. The molecule has 0 radical (unpaired) electrons. The van der Waals surface area contributed by atoms with E-state index in [1.165, 1.54) is 9.80 Å². The Labute approximate surface area is 697 Å². The number of allylic oxidation sites excluding steroid dienone is 4. The normalized spacial score (nSPS) is 30.1. The van der Waals surface area contributed by atoms with Gasteiger partial charge >= 0.3 is 24.3 Å². The number of amides is 4. The van der Waals surface area contributed by atoms with Crippen molar-refractivity contribution in [3.8, 4) is 23.5 Å². The lowest BCUT2D eigenvalue weighted by Gasteiger charge is -2.34. The number of alkyl halides is 6. The molecule has 2 aromatic heterocycles. The number of fused-ring (bicyclic) bond motifs is 10. The number of hydrogen-bond donors (Lipinski definition) is 2. The lowest BCUT2D eigenvalue weighted by atomic mass is 9.79. The molecule has 14 rings (SSSR count). The Balaban J connectivity index is 0.000000207. The molecule has 6 fully saturated rings. The van der Waals surface area contributed by atoms with Crippen LogP contribution in [0.25, 0.3) is 21.5 Å². The van der Waals surface area contributed by atoms with Crippen LogP contribution in [0.3, 0.4) is 0 Å². The smallest absolute Gasteiger partial charge is 0.427 e. The van der Waals surface area contributed by atoms with Crippen molar-refractivity contribution in [3.63, 3.8) is 0 Å². The highest BCUT2D eigenvalue weighted by molar-refractivity contribution is 7.92. The molecule has 0 spiro atoms. The number of Topliss-reactive ketones (excluding diaryl/α,β-unsaturated/α-hetero) is 2. The molecule has 32 heteroatoms. The minimum atomic E-state index is -4.86. The van der Waals surface area contributed by atoms with E-state index in [1.54, 1.807) is 13.8 Å². The van der Waals surface area contributed by atoms with E-state index in [2.05, 4.69) is 9.44 Å². The number of benzene rings is 2. The maximum absolute atomic E-state index is 15.1. The van der Waals surface area contributed by atoms with E-state index in [4.69, 9.17) is 38.4 Å². The quantitative estimate of drug-likeness (QED) is 0.0531. The molecular weight excluding hydrogens is 1610 g/mol. The zero-order valence-corrected chi connectivity index (χ0v) is 71.5. The number of sulfonamides is 2. The molecule has 120 heavy (non-hydrogen) atoms. The molecule has 10 aliphatic rings. The van der Waals surface area contributed by atoms with Crippen LogP contribution in [0.2, 0.25) is 0 Å². The van der Waals surface area contributed by atoms with Crippen LogP contribution in [0.5, 0.6) is 23.5 Å². The number of ether oxygens (including phenoxy) is 6. The van der Waals surface area contributed by atoms with Crippen molar-refractivity contribution in [1.82, 2.24) is 29.2 Å². The van der Waals surface area contributed by atoms with E-state index in [1.807, 2.05) is 101 Å². The fourth-order valence-corrected chi connectivity index (χ4v) is 21.1. The van der Waals surface area contributed by atoms with Crippen LogP contribution in [-0.4, -0.2) is 167 Å². The van der Waals surface area contributed by atoms with Crippen LogP contribution in [0, 0.1) is 58.2 Å². The van der Waals surface area contributed by atoms with Gasteiger partial charge in [-0.05, 0) is 203 Å². The van der Waals surface area contributed by atoms with Crippen LogP contribution in [-0.2, 0) is 80.7 Å². The first kappa shape index (κ1) is 89.3. The molecule has 6 aliphatic heterocycles. The molecule has 656 valence electrons. The average Bonchev–Trinajstić information content (AvgIpc) is 1.56. The van der Waals surface area contributed by atoms with Crippen LogP contribution < -0.4 is 28.4 Å². The van der Waals surface area contributed by atoms with Crippen LogP contribution in [0.4, 0.5) is 26.3 Å². The third-order valence-electron chi connectivity index (χ3n) is 27.2. The van der Waals surface area contributed by atoms with Crippen LogP contribution in [0.1, 0.15) is 222 Å². The number of esters is 2. The highest BCUT2D eigenvalue weighted by Crippen LogP contribution is 2.60. The first-order valence-electron chi connectivity index (χ1n) is 42.5. The molecule has 2 N–H and O–H groups in total. The van der Waals surface area contributed by atoms with Gasteiger partial charge in [-0.3, -0.25) is 47.8 Å². The van der Waals surface area contributed by atoms with E-state index in [0.717, 1.165) is 75.3 Å². The van der Waals surface area contributed by atoms with Crippen molar-refractivity contribution >= 4 is 88.7 Å². The summed E-state index contributed by atoms with van der Waals surface area (Å²) in [4.78, 5) is 127. The van der Waals surface area contributed by atoms with E-state index >= 15 is 9.59 Å². The predicted molar refractivity (Wildman–Crippen MR) is 430 cm³/mol. The van der Waals surface area contributed by atoms with Gasteiger partial charge in [-0.2, -0.15) is 36.3 Å². The molecule has 2 saturated heterocycles. The molecule has 4 aliphatic carbocycles. The fraction of sp³-hybridized carbons (Fsp3) is 0.659. The summed E-state index contributed by atoms with van der Waals surface area (Å²) in [7, 11) is -8.07. The zero-order valence-electron chi connectivity index (χ0n) is 69.9. The summed E-state index contributed by atoms with van der Waals surface area (Å²) < 4.78 is 174. The summed E-state index contributed by atoms with van der Waals surface area (Å²) in [5.74, 6) is -8.71. The van der Waals surface area contributed by atoms with Gasteiger partial charge < -0.3 is 38.2 Å². The molecule has 0 bridgehead atoms. The number of aryl methyl sites for hydroxylation is 2. The van der Waals surface area contributed by atoms with Crippen molar-refractivity contribution in [3.05, 3.63) is 84.0 Å². The summed E-state index contributed by atoms with van der Waals surface area (Å²) in [5, 5.41) is 3.22. The minimum Gasteiger partial charge on any atom is -0.477 e. The zero-order chi connectivity index (χ0) is 86.8. The van der Waals surface area contributed by atoms with Crippen molar-refractivity contribution in [2.45, 2.75) is 281 Å². The van der Waals surface area contributed by atoms with E-state index in [0.29, 0.717) is 113 Å². The second-order valence-electron chi connectivity index (χ2n) is 37.0. The van der Waals surface area contributed by atoms with Crippen molar-refractivity contribution in [2.75, 3.05) is 26.3 Å². The summed E-state index contributed by atoms with van der Waals surface area (Å²) in [5.41, 5.74) is -6.48. The highest BCUT2D eigenvalue weighted by atomic mass is 32.2. The number of hydrogen-bond acceptors (Lipinski definition) is 20. The third kappa shape index (κ3) is 18.6. The van der Waals surface area contributed by atoms with Crippen molar-refractivity contribution < 1.29 is 110 Å². The Morgan fingerprint density at radius 2 is 0.908 bits per heavy atom. The van der Waals surface area contributed by atoms with Gasteiger partial charge in [0.2, 0.25) is 78.4 Å². The standard InChI is InChI=1S/2C44H56F3N3O9S/c2*1-6-27-20-26(2)12-7-8-13-28-23-43(28,40(54)49-60(55,56)42(5)17-18-42)24-35(51)34-21-29(25-50(34)39(53)33(27)22-36(52)59-41(3,4)44(45,46)47)58-38-32-15-10-9-14-30(32)31-16-11-19-57-37(31)48-38/h2*8-10,13-15,26-29,33-34H,6-7,11-12,16-25H2,1-5H3,(H,49,54)/b2*13-8-/t26-,27+,28+,29+,33-,34-,43+;26-,27-,28-,29-,33+,34+,43-/m01/s1. The molecule has 24 nitrogen and oxygen atoms in total. The Hall–Kier alpha value is -8.42. The Kier molecular flexibility index (Phi) is 25.3. The molecule has 4 saturated carbocycles. The lowest BCUT2D eigenvalue weighted by molar-refractivity contribution is -0.257. The topological polar surface area (TPSA) is 317 Å². The Morgan fingerprint density at radius 1 is 0.550 bits per heavy atom. The number of aromatic nitrogens is 2. The monoisotopic (exact) mass is 1720 g/mol. The fourth-order valence-electron chi connectivity index (χ4n) is 18.4. The van der Waals surface area contributed by atoms with E-state index < -0.39 is 184 Å². The molecular formula is C88H112F6N6O18S2. The molecule has 4 amide bonds. The lowest BCUT2D eigenvalue weighted by Crippen LogP contribution is -2.49. The van der Waals surface area contributed by atoms with Gasteiger partial charge in [0.15, 0.2) is 11.6 Å². The van der Waals surface area contributed by atoms with Crippen molar-refractivity contribution in [1.29, 1.82) is 0 Å². The second kappa shape index (κ2) is 34.0. The molecule has 8 heterocycles. The van der Waals surface area contributed by atoms with Gasteiger partial charge in [0, 0.05) is 47.6 Å². The Morgan fingerprint density at radius 3 is 1.25 bits per heavy atom. The summed E-state index contributed by atoms with van der Waals surface area (Å²) in [6, 6.07) is 12.8. The maximum atomic E-state index is 15.1. The first-order chi connectivity index (χ1) is 56.4.